The summed E-state index contributed by atoms with van der Waals surface area (Å²) in [5.74, 6) is 2.60. The summed E-state index contributed by atoms with van der Waals surface area (Å²) in [5.41, 5.74) is -0.421. The van der Waals surface area contributed by atoms with E-state index in [1.54, 1.807) is 0 Å². The van der Waals surface area contributed by atoms with Crippen LogP contribution in [0.5, 0.6) is 0 Å². The third-order valence-electron chi connectivity index (χ3n) is 6.29. The molecule has 2 nitrogen and oxygen atoms in total. The zero-order valence-corrected chi connectivity index (χ0v) is 14.5. The van der Waals surface area contributed by atoms with Gasteiger partial charge in [0.2, 0.25) is 0 Å². The Morgan fingerprint density at radius 2 is 1.76 bits per heavy atom. The summed E-state index contributed by atoms with van der Waals surface area (Å²) in [5, 5.41) is 14.5. The van der Waals surface area contributed by atoms with E-state index in [2.05, 4.69) is 26.1 Å². The minimum absolute atomic E-state index is 0.421. The van der Waals surface area contributed by atoms with Gasteiger partial charge in [0.05, 0.1) is 5.60 Å². The molecule has 2 heteroatoms. The Balaban J connectivity index is 1.73. The maximum Gasteiger partial charge on any atom is 0.0771 e. The van der Waals surface area contributed by atoms with Crippen LogP contribution in [0, 0.1) is 17.8 Å². The molecule has 2 fully saturated rings. The highest BCUT2D eigenvalue weighted by atomic mass is 16.3. The van der Waals surface area contributed by atoms with Crippen LogP contribution in [0.3, 0.4) is 0 Å². The first-order valence-electron chi connectivity index (χ1n) is 9.48. The molecule has 0 aromatic carbocycles. The summed E-state index contributed by atoms with van der Waals surface area (Å²) >= 11 is 0. The Hall–Kier alpha value is -0.0800. The van der Waals surface area contributed by atoms with Gasteiger partial charge in [-0.15, -0.1) is 0 Å². The van der Waals surface area contributed by atoms with Gasteiger partial charge in [0, 0.05) is 12.6 Å². The maximum absolute atomic E-state index is 10.8. The minimum atomic E-state index is -0.421. The van der Waals surface area contributed by atoms with Gasteiger partial charge in [-0.25, -0.2) is 0 Å². The highest BCUT2D eigenvalue weighted by Gasteiger charge is 2.33. The summed E-state index contributed by atoms with van der Waals surface area (Å²) in [7, 11) is 0. The summed E-state index contributed by atoms with van der Waals surface area (Å²) in [6, 6.07) is 0.640. The first-order valence-corrected chi connectivity index (χ1v) is 9.48. The minimum Gasteiger partial charge on any atom is -0.389 e. The summed E-state index contributed by atoms with van der Waals surface area (Å²) < 4.78 is 0. The highest BCUT2D eigenvalue weighted by molar-refractivity contribution is 4.88. The van der Waals surface area contributed by atoms with Crippen LogP contribution in [0.15, 0.2) is 0 Å². The molecule has 0 spiro atoms. The lowest BCUT2D eigenvalue weighted by Gasteiger charge is -2.37. The molecule has 2 N–H and O–H groups in total. The van der Waals surface area contributed by atoms with E-state index in [1.807, 2.05) is 0 Å². The lowest BCUT2D eigenvalue weighted by Crippen LogP contribution is -2.46. The average Bonchev–Trinajstić information content (AvgIpc) is 2.72. The Morgan fingerprint density at radius 1 is 1.05 bits per heavy atom. The van der Waals surface area contributed by atoms with Crippen LogP contribution in [-0.2, 0) is 0 Å². The molecule has 2 atom stereocenters. The van der Waals surface area contributed by atoms with Crippen molar-refractivity contribution < 1.29 is 5.11 Å². The number of aliphatic hydroxyl groups is 1. The van der Waals surface area contributed by atoms with Crippen molar-refractivity contribution in [3.63, 3.8) is 0 Å². The van der Waals surface area contributed by atoms with E-state index in [1.165, 1.54) is 51.4 Å². The van der Waals surface area contributed by atoms with Gasteiger partial charge in [-0.3, -0.25) is 0 Å². The van der Waals surface area contributed by atoms with Crippen LogP contribution in [0.2, 0.25) is 0 Å². The lowest BCUT2D eigenvalue weighted by atomic mass is 9.77. The molecule has 124 valence electrons. The Labute approximate surface area is 132 Å². The van der Waals surface area contributed by atoms with Crippen molar-refractivity contribution in [3.8, 4) is 0 Å². The molecule has 0 radical (unpaired) electrons. The quantitative estimate of drug-likeness (QED) is 0.731. The predicted molar refractivity (Wildman–Crippen MR) is 90.4 cm³/mol. The van der Waals surface area contributed by atoms with E-state index in [9.17, 15) is 5.11 Å². The fraction of sp³-hybridized carbons (Fsp3) is 1.00. The molecule has 2 unspecified atom stereocenters. The van der Waals surface area contributed by atoms with Crippen molar-refractivity contribution in [1.29, 1.82) is 0 Å². The van der Waals surface area contributed by atoms with Crippen molar-refractivity contribution in [2.75, 3.05) is 6.54 Å². The summed E-state index contributed by atoms with van der Waals surface area (Å²) in [6.07, 6.45) is 12.4. The molecule has 2 saturated carbocycles. The Kier molecular flexibility index (Phi) is 6.55. The summed E-state index contributed by atoms with van der Waals surface area (Å²) in [4.78, 5) is 0. The van der Waals surface area contributed by atoms with Gasteiger partial charge >= 0.3 is 0 Å². The van der Waals surface area contributed by atoms with Crippen LogP contribution in [0.25, 0.3) is 0 Å². The number of hydrogen-bond acceptors (Lipinski definition) is 2. The van der Waals surface area contributed by atoms with E-state index in [4.69, 9.17) is 0 Å². The van der Waals surface area contributed by atoms with E-state index < -0.39 is 5.60 Å². The van der Waals surface area contributed by atoms with Gasteiger partial charge in [0.25, 0.3) is 0 Å². The van der Waals surface area contributed by atoms with Crippen LogP contribution < -0.4 is 5.32 Å². The van der Waals surface area contributed by atoms with Crippen LogP contribution in [0.4, 0.5) is 0 Å². The predicted octanol–water partition coefficient (Wildman–Crippen LogP) is 4.51. The van der Waals surface area contributed by atoms with Crippen molar-refractivity contribution in [2.45, 2.75) is 96.6 Å². The number of hydrogen-bond donors (Lipinski definition) is 2. The maximum atomic E-state index is 10.8. The molecule has 0 aliphatic heterocycles. The van der Waals surface area contributed by atoms with Gasteiger partial charge in [-0.05, 0) is 62.7 Å². The number of nitrogens with one attached hydrogen (secondary N) is 1. The molecule has 0 bridgehead atoms. The smallest absolute Gasteiger partial charge is 0.0771 e. The van der Waals surface area contributed by atoms with Crippen molar-refractivity contribution >= 4 is 0 Å². The van der Waals surface area contributed by atoms with Crippen molar-refractivity contribution in [2.24, 2.45) is 17.8 Å². The third kappa shape index (κ3) is 5.25. The van der Waals surface area contributed by atoms with Crippen LogP contribution in [-0.4, -0.2) is 23.3 Å². The van der Waals surface area contributed by atoms with Gasteiger partial charge in [0.15, 0.2) is 0 Å². The van der Waals surface area contributed by atoms with E-state index in [0.29, 0.717) is 6.04 Å². The second kappa shape index (κ2) is 7.97. The van der Waals surface area contributed by atoms with E-state index >= 15 is 0 Å². The molecule has 0 saturated heterocycles. The standard InChI is InChI=1S/C19H37NO/c1-4-16-10-12-19(21,13-11-16)14-20-18-7-5-6-17(8-9-18)15(2)3/h15-18,20-21H,4-14H2,1-3H3. The normalized spacial score (nSPS) is 38.4. The lowest BCUT2D eigenvalue weighted by molar-refractivity contribution is -0.0110. The average molecular weight is 296 g/mol. The highest BCUT2D eigenvalue weighted by Crippen LogP contribution is 2.34. The first-order chi connectivity index (χ1) is 10.0. The molecule has 2 aliphatic rings. The van der Waals surface area contributed by atoms with Crippen LogP contribution in [0.1, 0.15) is 85.0 Å². The zero-order chi connectivity index (χ0) is 15.3. The fourth-order valence-corrected chi connectivity index (χ4v) is 4.34. The molecular weight excluding hydrogens is 258 g/mol. The number of rotatable bonds is 5. The van der Waals surface area contributed by atoms with E-state index in [0.717, 1.165) is 37.1 Å². The van der Waals surface area contributed by atoms with Gasteiger partial charge in [-0.1, -0.05) is 40.0 Å². The Bertz CT molecular complexity index is 294. The molecule has 2 rings (SSSR count). The molecule has 0 aromatic heterocycles. The van der Waals surface area contributed by atoms with Gasteiger partial charge < -0.3 is 10.4 Å². The second-order valence-corrected chi connectivity index (χ2v) is 8.17. The third-order valence-corrected chi connectivity index (χ3v) is 6.29. The molecule has 0 amide bonds. The monoisotopic (exact) mass is 295 g/mol. The largest absolute Gasteiger partial charge is 0.389 e. The Morgan fingerprint density at radius 3 is 2.38 bits per heavy atom. The van der Waals surface area contributed by atoms with Gasteiger partial charge in [0.1, 0.15) is 0 Å². The summed E-state index contributed by atoms with van der Waals surface area (Å²) in [6.45, 7) is 7.84. The van der Waals surface area contributed by atoms with Crippen LogP contribution >= 0.6 is 0 Å². The topological polar surface area (TPSA) is 32.3 Å². The molecule has 0 heterocycles. The molecule has 21 heavy (non-hydrogen) atoms. The SMILES string of the molecule is CCC1CCC(O)(CNC2CCCC(C(C)C)CC2)CC1. The molecule has 0 aromatic rings. The van der Waals surface area contributed by atoms with E-state index in [-0.39, 0.29) is 0 Å². The zero-order valence-electron chi connectivity index (χ0n) is 14.5. The van der Waals surface area contributed by atoms with Crippen molar-refractivity contribution in [3.05, 3.63) is 0 Å². The first kappa shape index (κ1) is 17.3. The second-order valence-electron chi connectivity index (χ2n) is 8.17. The van der Waals surface area contributed by atoms with Crippen molar-refractivity contribution in [1.82, 2.24) is 5.32 Å². The fourth-order valence-electron chi connectivity index (χ4n) is 4.34. The van der Waals surface area contributed by atoms with Gasteiger partial charge in [-0.2, -0.15) is 0 Å². The molecular formula is C19H37NO. The molecule has 2 aliphatic carbocycles.